The SMILES string of the molecule is CCSc1ccccc1NC(=O)Cc1ccc(C)cc1. The Morgan fingerprint density at radius 1 is 1.10 bits per heavy atom. The molecule has 1 amide bonds. The number of aryl methyl sites for hydroxylation is 1. The number of anilines is 1. The highest BCUT2D eigenvalue weighted by Crippen LogP contribution is 2.26. The first-order valence-electron chi connectivity index (χ1n) is 6.76. The average Bonchev–Trinajstić information content (AvgIpc) is 2.44. The number of thioether (sulfide) groups is 1. The second-order valence-electron chi connectivity index (χ2n) is 4.64. The Kier molecular flexibility index (Phi) is 5.24. The van der Waals surface area contributed by atoms with Crippen molar-refractivity contribution in [2.75, 3.05) is 11.1 Å². The van der Waals surface area contributed by atoms with Gasteiger partial charge >= 0.3 is 0 Å². The van der Waals surface area contributed by atoms with Crippen molar-refractivity contribution in [3.05, 3.63) is 59.7 Å². The van der Waals surface area contributed by atoms with Crippen LogP contribution in [-0.2, 0) is 11.2 Å². The zero-order chi connectivity index (χ0) is 14.4. The number of hydrogen-bond acceptors (Lipinski definition) is 2. The van der Waals surface area contributed by atoms with Gasteiger partial charge in [0.25, 0.3) is 0 Å². The summed E-state index contributed by atoms with van der Waals surface area (Å²) in [4.78, 5) is 13.2. The molecule has 20 heavy (non-hydrogen) atoms. The predicted molar refractivity (Wildman–Crippen MR) is 86.4 cm³/mol. The summed E-state index contributed by atoms with van der Waals surface area (Å²) in [6.07, 6.45) is 0.408. The molecule has 0 aromatic heterocycles. The van der Waals surface area contributed by atoms with Crippen LogP contribution in [0.2, 0.25) is 0 Å². The van der Waals surface area contributed by atoms with Crippen molar-refractivity contribution < 1.29 is 4.79 Å². The number of hydrogen-bond donors (Lipinski definition) is 1. The molecule has 0 aliphatic carbocycles. The third-order valence-corrected chi connectivity index (χ3v) is 3.90. The zero-order valence-electron chi connectivity index (χ0n) is 11.8. The molecule has 2 nitrogen and oxygen atoms in total. The second kappa shape index (κ2) is 7.15. The van der Waals surface area contributed by atoms with E-state index >= 15 is 0 Å². The van der Waals surface area contributed by atoms with Crippen molar-refractivity contribution in [3.8, 4) is 0 Å². The summed E-state index contributed by atoms with van der Waals surface area (Å²) in [6.45, 7) is 4.15. The molecule has 0 radical (unpaired) electrons. The van der Waals surface area contributed by atoms with Gasteiger partial charge in [0.2, 0.25) is 5.91 Å². The minimum Gasteiger partial charge on any atom is -0.325 e. The molecule has 0 saturated carbocycles. The largest absolute Gasteiger partial charge is 0.325 e. The molecule has 0 fully saturated rings. The van der Waals surface area contributed by atoms with Gasteiger partial charge in [0, 0.05) is 4.90 Å². The lowest BCUT2D eigenvalue weighted by molar-refractivity contribution is -0.115. The van der Waals surface area contributed by atoms with Crippen LogP contribution in [0, 0.1) is 6.92 Å². The van der Waals surface area contributed by atoms with E-state index in [1.54, 1.807) is 11.8 Å². The maximum Gasteiger partial charge on any atom is 0.228 e. The van der Waals surface area contributed by atoms with Gasteiger partial charge in [0.15, 0.2) is 0 Å². The van der Waals surface area contributed by atoms with Crippen LogP contribution in [0.5, 0.6) is 0 Å². The van der Waals surface area contributed by atoms with Gasteiger partial charge in [-0.05, 0) is 30.4 Å². The normalized spacial score (nSPS) is 10.3. The first-order chi connectivity index (χ1) is 9.69. The Bertz CT molecular complexity index is 578. The molecule has 0 unspecified atom stereocenters. The summed E-state index contributed by atoms with van der Waals surface area (Å²) in [5.74, 6) is 1.02. The predicted octanol–water partition coefficient (Wildman–Crippen LogP) is 4.29. The molecule has 0 heterocycles. The van der Waals surface area contributed by atoms with Crippen molar-refractivity contribution in [1.82, 2.24) is 0 Å². The molecule has 0 spiro atoms. The fraction of sp³-hybridized carbons (Fsp3) is 0.235. The highest BCUT2D eigenvalue weighted by molar-refractivity contribution is 7.99. The summed E-state index contributed by atoms with van der Waals surface area (Å²) in [5, 5.41) is 3.00. The van der Waals surface area contributed by atoms with Crippen LogP contribution in [0.3, 0.4) is 0 Å². The number of nitrogens with one attached hydrogen (secondary N) is 1. The maximum atomic E-state index is 12.1. The van der Waals surface area contributed by atoms with Gasteiger partial charge in [-0.1, -0.05) is 48.9 Å². The van der Waals surface area contributed by atoms with Crippen LogP contribution in [0.4, 0.5) is 5.69 Å². The Hall–Kier alpha value is -1.74. The van der Waals surface area contributed by atoms with Crippen LogP contribution in [0.25, 0.3) is 0 Å². The molecule has 3 heteroatoms. The Balaban J connectivity index is 2.02. The minimum absolute atomic E-state index is 0.0259. The molecule has 0 aliphatic heterocycles. The number of amides is 1. The molecular formula is C17H19NOS. The molecule has 0 atom stereocenters. The van der Waals surface area contributed by atoms with E-state index in [0.717, 1.165) is 21.9 Å². The number of rotatable bonds is 5. The highest BCUT2D eigenvalue weighted by atomic mass is 32.2. The second-order valence-corrected chi connectivity index (χ2v) is 5.95. The van der Waals surface area contributed by atoms with Crippen LogP contribution in [0.1, 0.15) is 18.1 Å². The van der Waals surface area contributed by atoms with E-state index < -0.39 is 0 Å². The quantitative estimate of drug-likeness (QED) is 0.830. The topological polar surface area (TPSA) is 29.1 Å². The monoisotopic (exact) mass is 285 g/mol. The van der Waals surface area contributed by atoms with Crippen molar-refractivity contribution in [2.24, 2.45) is 0 Å². The van der Waals surface area contributed by atoms with Gasteiger partial charge in [0.05, 0.1) is 12.1 Å². The smallest absolute Gasteiger partial charge is 0.228 e. The number of carbonyl (C=O) groups excluding carboxylic acids is 1. The fourth-order valence-corrected chi connectivity index (χ4v) is 2.70. The molecule has 2 aromatic carbocycles. The van der Waals surface area contributed by atoms with E-state index in [9.17, 15) is 4.79 Å². The van der Waals surface area contributed by atoms with E-state index in [1.807, 2.05) is 55.5 Å². The highest BCUT2D eigenvalue weighted by Gasteiger charge is 2.07. The summed E-state index contributed by atoms with van der Waals surface area (Å²) in [6, 6.07) is 16.0. The molecular weight excluding hydrogens is 266 g/mol. The van der Waals surface area contributed by atoms with Crippen molar-refractivity contribution >= 4 is 23.4 Å². The van der Waals surface area contributed by atoms with E-state index in [1.165, 1.54) is 5.56 Å². The van der Waals surface area contributed by atoms with Gasteiger partial charge in [-0.25, -0.2) is 0 Å². The summed E-state index contributed by atoms with van der Waals surface area (Å²) >= 11 is 1.74. The molecule has 2 aromatic rings. The van der Waals surface area contributed by atoms with Gasteiger partial charge in [-0.2, -0.15) is 0 Å². The standard InChI is InChI=1S/C17H19NOS/c1-3-20-16-7-5-4-6-15(16)18-17(19)12-14-10-8-13(2)9-11-14/h4-11H,3,12H2,1-2H3,(H,18,19). The van der Waals surface area contributed by atoms with E-state index in [-0.39, 0.29) is 5.91 Å². The van der Waals surface area contributed by atoms with Crippen molar-refractivity contribution in [2.45, 2.75) is 25.2 Å². The van der Waals surface area contributed by atoms with E-state index in [2.05, 4.69) is 12.2 Å². The fourth-order valence-electron chi connectivity index (χ4n) is 1.94. The van der Waals surface area contributed by atoms with Gasteiger partial charge in [-0.15, -0.1) is 11.8 Å². The molecule has 1 N–H and O–H groups in total. The maximum absolute atomic E-state index is 12.1. The van der Waals surface area contributed by atoms with Crippen LogP contribution < -0.4 is 5.32 Å². The molecule has 0 aliphatic rings. The Morgan fingerprint density at radius 3 is 2.50 bits per heavy atom. The van der Waals surface area contributed by atoms with Crippen LogP contribution in [0.15, 0.2) is 53.4 Å². The first-order valence-corrected chi connectivity index (χ1v) is 7.75. The lowest BCUT2D eigenvalue weighted by Gasteiger charge is -2.10. The first kappa shape index (κ1) is 14.7. The lowest BCUT2D eigenvalue weighted by atomic mass is 10.1. The zero-order valence-corrected chi connectivity index (χ0v) is 12.7. The summed E-state index contributed by atoms with van der Waals surface area (Å²) in [5.41, 5.74) is 3.14. The van der Waals surface area contributed by atoms with Gasteiger partial charge < -0.3 is 5.32 Å². The van der Waals surface area contributed by atoms with Gasteiger partial charge in [-0.3, -0.25) is 4.79 Å². The van der Waals surface area contributed by atoms with Crippen molar-refractivity contribution in [3.63, 3.8) is 0 Å². The van der Waals surface area contributed by atoms with Gasteiger partial charge in [0.1, 0.15) is 0 Å². The Morgan fingerprint density at radius 2 is 1.80 bits per heavy atom. The lowest BCUT2D eigenvalue weighted by Crippen LogP contribution is -2.14. The number of para-hydroxylation sites is 1. The third-order valence-electron chi connectivity index (χ3n) is 2.95. The molecule has 0 bridgehead atoms. The van der Waals surface area contributed by atoms with Crippen molar-refractivity contribution in [1.29, 1.82) is 0 Å². The molecule has 104 valence electrons. The number of carbonyl (C=O) groups is 1. The van der Waals surface area contributed by atoms with E-state index in [0.29, 0.717) is 6.42 Å². The van der Waals surface area contributed by atoms with Crippen LogP contribution >= 0.6 is 11.8 Å². The summed E-state index contributed by atoms with van der Waals surface area (Å²) in [7, 11) is 0. The summed E-state index contributed by atoms with van der Waals surface area (Å²) < 4.78 is 0. The van der Waals surface area contributed by atoms with Crippen LogP contribution in [-0.4, -0.2) is 11.7 Å². The Labute approximate surface area is 124 Å². The number of benzene rings is 2. The third kappa shape index (κ3) is 4.14. The average molecular weight is 285 g/mol. The molecule has 0 saturated heterocycles. The minimum atomic E-state index is 0.0259. The molecule has 2 rings (SSSR count). The van der Waals surface area contributed by atoms with E-state index in [4.69, 9.17) is 0 Å².